The molecule has 4 aromatic rings. The molecule has 1 heterocycles. The molecular formula is C29H27N3O. The zero-order valence-electron chi connectivity index (χ0n) is 19.0. The summed E-state index contributed by atoms with van der Waals surface area (Å²) < 4.78 is 7.47. The maximum absolute atomic E-state index is 10.3. The Morgan fingerprint density at radius 3 is 2.12 bits per heavy atom. The highest BCUT2D eigenvalue weighted by atomic mass is 16.5. The number of aliphatic imine (C=N–C) groups is 1. The van der Waals surface area contributed by atoms with E-state index >= 15 is 0 Å². The van der Waals surface area contributed by atoms with Gasteiger partial charge in [-0.05, 0) is 47.4 Å². The normalized spacial score (nSPS) is 10.9. The first-order valence-corrected chi connectivity index (χ1v) is 11.2. The third-order valence-corrected chi connectivity index (χ3v) is 5.64. The second kappa shape index (κ2) is 10.5. The number of benzene rings is 3. The summed E-state index contributed by atoms with van der Waals surface area (Å²) in [6.45, 7) is 2.97. The summed E-state index contributed by atoms with van der Waals surface area (Å²) in [4.78, 5) is 4.86. The van der Waals surface area contributed by atoms with E-state index < -0.39 is 0 Å². The van der Waals surface area contributed by atoms with Crippen LogP contribution in [0.1, 0.15) is 30.9 Å². The lowest BCUT2D eigenvalue weighted by Crippen LogP contribution is -2.00. The van der Waals surface area contributed by atoms with Crippen LogP contribution in [0.15, 0.2) is 89.9 Å². The molecule has 4 rings (SSSR count). The lowest BCUT2D eigenvalue weighted by atomic mass is 9.98. The summed E-state index contributed by atoms with van der Waals surface area (Å²) in [6, 6.07) is 30.6. The Labute approximate surface area is 195 Å². The molecule has 164 valence electrons. The van der Waals surface area contributed by atoms with Gasteiger partial charge in [-0.1, -0.05) is 74.0 Å². The van der Waals surface area contributed by atoms with Gasteiger partial charge in [0.1, 0.15) is 17.4 Å². The van der Waals surface area contributed by atoms with Crippen molar-refractivity contribution in [2.45, 2.75) is 26.3 Å². The summed E-state index contributed by atoms with van der Waals surface area (Å²) in [5.74, 6) is 1.49. The van der Waals surface area contributed by atoms with Crippen LogP contribution >= 0.6 is 0 Å². The molecule has 0 fully saturated rings. The molecular weight excluding hydrogens is 406 g/mol. The maximum atomic E-state index is 10.3. The van der Waals surface area contributed by atoms with Gasteiger partial charge in [0, 0.05) is 18.3 Å². The SMILES string of the molecule is CCCCn1c(/N=C/c2ccc(OC)cc2)c(C#N)c(-c2ccccc2)c1-c1ccccc1. The fraction of sp³-hybridized carbons (Fsp3) is 0.172. The van der Waals surface area contributed by atoms with E-state index in [9.17, 15) is 5.26 Å². The van der Waals surface area contributed by atoms with Crippen LogP contribution in [-0.2, 0) is 6.54 Å². The fourth-order valence-electron chi connectivity index (χ4n) is 3.99. The summed E-state index contributed by atoms with van der Waals surface area (Å²) in [7, 11) is 1.65. The van der Waals surface area contributed by atoms with Crippen LogP contribution in [0.5, 0.6) is 5.75 Å². The Morgan fingerprint density at radius 2 is 1.55 bits per heavy atom. The first-order chi connectivity index (χ1) is 16.3. The molecule has 4 heteroatoms. The number of ether oxygens (including phenoxy) is 1. The number of methoxy groups -OCH3 is 1. The molecule has 4 nitrogen and oxygen atoms in total. The Morgan fingerprint density at radius 1 is 0.909 bits per heavy atom. The van der Waals surface area contributed by atoms with Crippen LogP contribution in [0.25, 0.3) is 22.4 Å². The lowest BCUT2D eigenvalue weighted by Gasteiger charge is -2.13. The van der Waals surface area contributed by atoms with E-state index in [2.05, 4.69) is 41.8 Å². The molecule has 3 aromatic carbocycles. The van der Waals surface area contributed by atoms with Gasteiger partial charge in [0.05, 0.1) is 12.8 Å². The molecule has 0 spiro atoms. The topological polar surface area (TPSA) is 50.3 Å². The van der Waals surface area contributed by atoms with Gasteiger partial charge in [-0.2, -0.15) is 5.26 Å². The van der Waals surface area contributed by atoms with Gasteiger partial charge in [0.15, 0.2) is 5.82 Å². The van der Waals surface area contributed by atoms with Gasteiger partial charge in [-0.3, -0.25) is 0 Å². The highest BCUT2D eigenvalue weighted by Crippen LogP contribution is 2.42. The number of unbranched alkanes of at least 4 members (excludes halogenated alkanes) is 1. The van der Waals surface area contributed by atoms with E-state index in [0.29, 0.717) is 11.4 Å². The minimum absolute atomic E-state index is 0.598. The molecule has 0 radical (unpaired) electrons. The summed E-state index contributed by atoms with van der Waals surface area (Å²) in [5.41, 5.74) is 5.61. The fourth-order valence-corrected chi connectivity index (χ4v) is 3.99. The molecule has 1 aromatic heterocycles. The van der Waals surface area contributed by atoms with Crippen molar-refractivity contribution >= 4 is 12.0 Å². The quantitative estimate of drug-likeness (QED) is 0.275. The third kappa shape index (κ3) is 4.73. The van der Waals surface area contributed by atoms with Crippen molar-refractivity contribution in [3.05, 3.63) is 96.1 Å². The average Bonchev–Trinajstić information content (AvgIpc) is 3.20. The van der Waals surface area contributed by atoms with Gasteiger partial charge >= 0.3 is 0 Å². The van der Waals surface area contributed by atoms with E-state index in [0.717, 1.165) is 53.1 Å². The van der Waals surface area contributed by atoms with E-state index in [1.165, 1.54) is 0 Å². The molecule has 0 atom stereocenters. The second-order valence-electron chi connectivity index (χ2n) is 7.80. The molecule has 0 aliphatic heterocycles. The van der Waals surface area contributed by atoms with Crippen LogP contribution < -0.4 is 4.74 Å². The average molecular weight is 434 g/mol. The lowest BCUT2D eigenvalue weighted by molar-refractivity contribution is 0.415. The number of hydrogen-bond donors (Lipinski definition) is 0. The van der Waals surface area contributed by atoms with Crippen molar-refractivity contribution in [2.75, 3.05) is 7.11 Å². The number of nitrogens with zero attached hydrogens (tertiary/aromatic N) is 3. The first-order valence-electron chi connectivity index (χ1n) is 11.2. The van der Waals surface area contributed by atoms with E-state index in [4.69, 9.17) is 9.73 Å². The van der Waals surface area contributed by atoms with Crippen molar-refractivity contribution < 1.29 is 4.74 Å². The molecule has 0 bridgehead atoms. The number of aromatic nitrogens is 1. The molecule has 0 saturated heterocycles. The zero-order chi connectivity index (χ0) is 23.0. The predicted molar refractivity (Wildman–Crippen MR) is 135 cm³/mol. The van der Waals surface area contributed by atoms with Crippen molar-refractivity contribution in [1.82, 2.24) is 4.57 Å². The molecule has 0 unspecified atom stereocenters. The highest BCUT2D eigenvalue weighted by Gasteiger charge is 2.24. The zero-order valence-corrected chi connectivity index (χ0v) is 19.0. The molecule has 0 aliphatic rings. The molecule has 33 heavy (non-hydrogen) atoms. The molecule has 0 amide bonds. The molecule has 0 N–H and O–H groups in total. The van der Waals surface area contributed by atoms with Gasteiger partial charge < -0.3 is 9.30 Å². The Balaban J connectivity index is 1.95. The maximum Gasteiger partial charge on any atom is 0.151 e. The van der Waals surface area contributed by atoms with E-state index in [1.807, 2.05) is 66.9 Å². The third-order valence-electron chi connectivity index (χ3n) is 5.64. The van der Waals surface area contributed by atoms with E-state index in [-0.39, 0.29) is 0 Å². The standard InChI is InChI=1S/C29H27N3O/c1-3-4-19-32-28(24-13-9-6-10-14-24)27(23-11-7-5-8-12-23)26(20-30)29(32)31-21-22-15-17-25(33-2)18-16-22/h5-18,21H,3-4,19H2,1-2H3/b31-21+. The summed E-state index contributed by atoms with van der Waals surface area (Å²) >= 11 is 0. The minimum Gasteiger partial charge on any atom is -0.497 e. The molecule has 0 saturated carbocycles. The van der Waals surface area contributed by atoms with Crippen LogP contribution in [0, 0.1) is 11.3 Å². The van der Waals surface area contributed by atoms with Crippen molar-refractivity contribution in [3.8, 4) is 34.2 Å². The largest absolute Gasteiger partial charge is 0.497 e. The van der Waals surface area contributed by atoms with Crippen molar-refractivity contribution in [3.63, 3.8) is 0 Å². The van der Waals surface area contributed by atoms with Gasteiger partial charge in [-0.25, -0.2) is 4.99 Å². The highest BCUT2D eigenvalue weighted by molar-refractivity contribution is 5.92. The smallest absolute Gasteiger partial charge is 0.151 e. The summed E-state index contributed by atoms with van der Waals surface area (Å²) in [6.07, 6.45) is 3.87. The number of rotatable bonds is 8. The second-order valence-corrected chi connectivity index (χ2v) is 7.80. The Hall–Kier alpha value is -4.10. The summed E-state index contributed by atoms with van der Waals surface area (Å²) in [5, 5.41) is 10.3. The minimum atomic E-state index is 0.598. The first kappa shape index (κ1) is 22.1. The van der Waals surface area contributed by atoms with Crippen LogP contribution in [-0.4, -0.2) is 17.9 Å². The van der Waals surface area contributed by atoms with Crippen molar-refractivity contribution in [2.24, 2.45) is 4.99 Å². The van der Waals surface area contributed by atoms with Crippen molar-refractivity contribution in [1.29, 1.82) is 5.26 Å². The van der Waals surface area contributed by atoms with Gasteiger partial charge in [0.2, 0.25) is 0 Å². The van der Waals surface area contributed by atoms with Gasteiger partial charge in [0.25, 0.3) is 0 Å². The van der Waals surface area contributed by atoms with Gasteiger partial charge in [-0.15, -0.1) is 0 Å². The Bertz CT molecular complexity index is 1260. The van der Waals surface area contributed by atoms with Crippen LogP contribution in [0.2, 0.25) is 0 Å². The number of nitriles is 1. The van der Waals surface area contributed by atoms with E-state index in [1.54, 1.807) is 7.11 Å². The van der Waals surface area contributed by atoms with Crippen LogP contribution in [0.4, 0.5) is 5.82 Å². The monoisotopic (exact) mass is 433 g/mol. The Kier molecular flexibility index (Phi) is 7.02. The van der Waals surface area contributed by atoms with Crippen LogP contribution in [0.3, 0.4) is 0 Å². The number of hydrogen-bond acceptors (Lipinski definition) is 3. The predicted octanol–water partition coefficient (Wildman–Crippen LogP) is 7.25. The molecule has 0 aliphatic carbocycles.